The quantitative estimate of drug-likeness (QED) is 0.916. The van der Waals surface area contributed by atoms with E-state index in [-0.39, 0.29) is 17.4 Å². The predicted molar refractivity (Wildman–Crippen MR) is 93.1 cm³/mol. The summed E-state index contributed by atoms with van der Waals surface area (Å²) in [7, 11) is 0. The first-order chi connectivity index (χ1) is 10.4. The van der Waals surface area contributed by atoms with Gasteiger partial charge in [0, 0.05) is 30.2 Å². The SMILES string of the molecule is CCCC1CC(NC(=O)C(C)(C)C)CN(c2ccccc2)C1. The molecule has 22 heavy (non-hydrogen) atoms. The molecule has 1 aromatic rings. The largest absolute Gasteiger partial charge is 0.369 e. The first kappa shape index (κ1) is 16.9. The van der Waals surface area contributed by atoms with E-state index in [1.165, 1.54) is 18.5 Å². The van der Waals surface area contributed by atoms with Crippen LogP contribution in [0.1, 0.15) is 47.0 Å². The zero-order valence-electron chi connectivity index (χ0n) is 14.4. The van der Waals surface area contributed by atoms with Crippen molar-refractivity contribution < 1.29 is 4.79 Å². The molecule has 122 valence electrons. The van der Waals surface area contributed by atoms with Gasteiger partial charge >= 0.3 is 0 Å². The van der Waals surface area contributed by atoms with E-state index in [2.05, 4.69) is 47.5 Å². The maximum absolute atomic E-state index is 12.3. The number of carbonyl (C=O) groups excluding carboxylic acids is 1. The lowest BCUT2D eigenvalue weighted by Gasteiger charge is -2.40. The molecule has 1 heterocycles. The number of hydrogen-bond donors (Lipinski definition) is 1. The van der Waals surface area contributed by atoms with Crippen LogP contribution >= 0.6 is 0 Å². The van der Waals surface area contributed by atoms with Crippen molar-refractivity contribution in [3.63, 3.8) is 0 Å². The van der Waals surface area contributed by atoms with Crippen LogP contribution in [0.5, 0.6) is 0 Å². The zero-order chi connectivity index (χ0) is 16.2. The monoisotopic (exact) mass is 302 g/mol. The molecule has 0 radical (unpaired) electrons. The minimum atomic E-state index is -0.324. The van der Waals surface area contributed by atoms with Gasteiger partial charge in [0.15, 0.2) is 0 Å². The summed E-state index contributed by atoms with van der Waals surface area (Å²) in [5, 5.41) is 3.27. The van der Waals surface area contributed by atoms with Crippen LogP contribution in [-0.4, -0.2) is 25.0 Å². The normalized spacial score (nSPS) is 22.5. The van der Waals surface area contributed by atoms with Gasteiger partial charge in [-0.25, -0.2) is 0 Å². The van der Waals surface area contributed by atoms with E-state index >= 15 is 0 Å². The molecular formula is C19H30N2O. The van der Waals surface area contributed by atoms with Crippen LogP contribution in [0.15, 0.2) is 30.3 Å². The molecule has 2 rings (SSSR count). The molecule has 1 N–H and O–H groups in total. The van der Waals surface area contributed by atoms with E-state index in [0.29, 0.717) is 5.92 Å². The fourth-order valence-electron chi connectivity index (χ4n) is 3.18. The minimum absolute atomic E-state index is 0.155. The van der Waals surface area contributed by atoms with Crippen molar-refractivity contribution in [2.45, 2.75) is 53.0 Å². The molecule has 1 aliphatic rings. The summed E-state index contributed by atoms with van der Waals surface area (Å²) < 4.78 is 0. The second-order valence-electron chi connectivity index (χ2n) is 7.55. The van der Waals surface area contributed by atoms with Crippen molar-refractivity contribution in [2.75, 3.05) is 18.0 Å². The first-order valence-corrected chi connectivity index (χ1v) is 8.51. The molecule has 2 unspecified atom stereocenters. The van der Waals surface area contributed by atoms with Crippen molar-refractivity contribution in [1.29, 1.82) is 0 Å². The van der Waals surface area contributed by atoms with Gasteiger partial charge in [-0.3, -0.25) is 4.79 Å². The number of amides is 1. The van der Waals surface area contributed by atoms with Crippen molar-refractivity contribution in [1.82, 2.24) is 5.32 Å². The lowest BCUT2D eigenvalue weighted by molar-refractivity contribution is -0.129. The van der Waals surface area contributed by atoms with Gasteiger partial charge in [-0.15, -0.1) is 0 Å². The summed E-state index contributed by atoms with van der Waals surface area (Å²) in [5.41, 5.74) is 0.938. The number of rotatable bonds is 4. The number of benzene rings is 1. The van der Waals surface area contributed by atoms with Crippen molar-refractivity contribution in [2.24, 2.45) is 11.3 Å². The van der Waals surface area contributed by atoms with Gasteiger partial charge < -0.3 is 10.2 Å². The van der Waals surface area contributed by atoms with Crippen LogP contribution < -0.4 is 10.2 Å². The highest BCUT2D eigenvalue weighted by Gasteiger charge is 2.30. The molecule has 1 saturated heterocycles. The Labute approximate surface area is 135 Å². The van der Waals surface area contributed by atoms with Crippen molar-refractivity contribution in [3.8, 4) is 0 Å². The molecule has 2 atom stereocenters. The molecule has 3 nitrogen and oxygen atoms in total. The Kier molecular flexibility index (Phi) is 5.49. The number of nitrogens with zero attached hydrogens (tertiary/aromatic N) is 1. The Bertz CT molecular complexity index is 478. The molecule has 0 aromatic heterocycles. The lowest BCUT2D eigenvalue weighted by atomic mass is 9.88. The van der Waals surface area contributed by atoms with Gasteiger partial charge in [0.25, 0.3) is 0 Å². The average Bonchev–Trinajstić information content (AvgIpc) is 2.47. The van der Waals surface area contributed by atoms with Crippen molar-refractivity contribution in [3.05, 3.63) is 30.3 Å². The van der Waals surface area contributed by atoms with E-state index in [0.717, 1.165) is 19.5 Å². The van der Waals surface area contributed by atoms with E-state index in [1.807, 2.05) is 20.8 Å². The zero-order valence-corrected chi connectivity index (χ0v) is 14.4. The molecular weight excluding hydrogens is 272 g/mol. The number of nitrogens with one attached hydrogen (secondary N) is 1. The smallest absolute Gasteiger partial charge is 0.225 e. The third-order valence-corrected chi connectivity index (χ3v) is 4.37. The fraction of sp³-hybridized carbons (Fsp3) is 0.632. The Morgan fingerprint density at radius 3 is 2.50 bits per heavy atom. The highest BCUT2D eigenvalue weighted by atomic mass is 16.2. The number of anilines is 1. The van der Waals surface area contributed by atoms with Crippen LogP contribution in [0, 0.1) is 11.3 Å². The van der Waals surface area contributed by atoms with Gasteiger partial charge in [-0.2, -0.15) is 0 Å². The summed E-state index contributed by atoms with van der Waals surface area (Å²) >= 11 is 0. The molecule has 0 spiro atoms. The number of carbonyl (C=O) groups is 1. The first-order valence-electron chi connectivity index (χ1n) is 8.51. The second kappa shape index (κ2) is 7.17. The fourth-order valence-corrected chi connectivity index (χ4v) is 3.18. The van der Waals surface area contributed by atoms with E-state index in [4.69, 9.17) is 0 Å². The highest BCUT2D eigenvalue weighted by molar-refractivity contribution is 5.81. The van der Waals surface area contributed by atoms with Gasteiger partial charge in [0.1, 0.15) is 0 Å². The summed E-state index contributed by atoms with van der Waals surface area (Å²) in [6.45, 7) is 10.2. The van der Waals surface area contributed by atoms with E-state index in [1.54, 1.807) is 0 Å². The maximum Gasteiger partial charge on any atom is 0.225 e. The standard InChI is InChI=1S/C19H30N2O/c1-5-9-15-12-16(20-18(22)19(2,3)4)14-21(13-15)17-10-7-6-8-11-17/h6-8,10-11,15-16H,5,9,12-14H2,1-4H3,(H,20,22). The number of piperidine rings is 1. The van der Waals surface area contributed by atoms with Gasteiger partial charge in [-0.05, 0) is 30.9 Å². The predicted octanol–water partition coefficient (Wildman–Crippen LogP) is 3.84. The molecule has 0 bridgehead atoms. The van der Waals surface area contributed by atoms with E-state index in [9.17, 15) is 4.79 Å². The average molecular weight is 302 g/mol. The lowest BCUT2D eigenvalue weighted by Crippen LogP contribution is -2.53. The Morgan fingerprint density at radius 1 is 1.23 bits per heavy atom. The third kappa shape index (κ3) is 4.49. The summed E-state index contributed by atoms with van der Waals surface area (Å²) in [4.78, 5) is 14.7. The van der Waals surface area contributed by atoms with Gasteiger partial charge in [-0.1, -0.05) is 52.3 Å². The van der Waals surface area contributed by atoms with Crippen LogP contribution in [0.25, 0.3) is 0 Å². The summed E-state index contributed by atoms with van der Waals surface area (Å²) in [6, 6.07) is 10.8. The molecule has 1 amide bonds. The van der Waals surface area contributed by atoms with Crippen LogP contribution in [0.4, 0.5) is 5.69 Å². The second-order valence-corrected chi connectivity index (χ2v) is 7.55. The molecule has 0 saturated carbocycles. The summed E-state index contributed by atoms with van der Waals surface area (Å²) in [5.74, 6) is 0.812. The molecule has 3 heteroatoms. The Balaban J connectivity index is 2.08. The Morgan fingerprint density at radius 2 is 1.91 bits per heavy atom. The van der Waals surface area contributed by atoms with Crippen molar-refractivity contribution >= 4 is 11.6 Å². The minimum Gasteiger partial charge on any atom is -0.369 e. The van der Waals surface area contributed by atoms with Crippen LogP contribution in [-0.2, 0) is 4.79 Å². The highest BCUT2D eigenvalue weighted by Crippen LogP contribution is 2.26. The molecule has 1 fully saturated rings. The Hall–Kier alpha value is -1.51. The molecule has 1 aromatic carbocycles. The number of hydrogen-bond acceptors (Lipinski definition) is 2. The van der Waals surface area contributed by atoms with E-state index < -0.39 is 0 Å². The van der Waals surface area contributed by atoms with Gasteiger partial charge in [0.2, 0.25) is 5.91 Å². The van der Waals surface area contributed by atoms with Crippen LogP contribution in [0.3, 0.4) is 0 Å². The van der Waals surface area contributed by atoms with Gasteiger partial charge in [0.05, 0.1) is 0 Å². The number of para-hydroxylation sites is 1. The summed E-state index contributed by atoms with van der Waals surface area (Å²) in [6.07, 6.45) is 3.53. The molecule has 0 aliphatic carbocycles. The van der Waals surface area contributed by atoms with Crippen LogP contribution in [0.2, 0.25) is 0 Å². The maximum atomic E-state index is 12.3. The molecule has 1 aliphatic heterocycles. The topological polar surface area (TPSA) is 32.3 Å². The third-order valence-electron chi connectivity index (χ3n) is 4.37.